The van der Waals surface area contributed by atoms with E-state index in [-0.39, 0.29) is 0 Å². The molecule has 0 atom stereocenters. The minimum Gasteiger partial charge on any atom is -0.242 e. The summed E-state index contributed by atoms with van der Waals surface area (Å²) in [5, 5.41) is 0. The first-order valence-electron chi connectivity index (χ1n) is 6.23. The van der Waals surface area contributed by atoms with E-state index < -0.39 is 0 Å². The van der Waals surface area contributed by atoms with Crippen molar-refractivity contribution >= 4 is 11.9 Å². The molecule has 1 aliphatic heterocycles. The maximum Gasteiger partial charge on any atom is 0.0276 e. The Morgan fingerprint density at radius 2 is 1.82 bits per heavy atom. The van der Waals surface area contributed by atoms with Gasteiger partial charge in [-0.1, -0.05) is 50.6 Å². The van der Waals surface area contributed by atoms with Crippen molar-refractivity contribution in [3.05, 3.63) is 42.0 Å². The number of nitrogens with zero attached hydrogens (tertiary/aromatic N) is 1. The lowest BCUT2D eigenvalue weighted by molar-refractivity contribution is 0.417. The van der Waals surface area contributed by atoms with Gasteiger partial charge in [0.25, 0.3) is 0 Å². The van der Waals surface area contributed by atoms with Gasteiger partial charge >= 0.3 is 0 Å². The van der Waals surface area contributed by atoms with Gasteiger partial charge in [0.15, 0.2) is 0 Å². The summed E-state index contributed by atoms with van der Waals surface area (Å²) in [6.45, 7) is 9.13. The van der Waals surface area contributed by atoms with Gasteiger partial charge < -0.3 is 0 Å². The molecule has 92 valence electrons. The van der Waals surface area contributed by atoms with E-state index in [2.05, 4.69) is 61.5 Å². The molecule has 1 aliphatic rings. The van der Waals surface area contributed by atoms with Crippen molar-refractivity contribution in [2.75, 3.05) is 13.1 Å². The minimum atomic E-state index is 0.337. The van der Waals surface area contributed by atoms with Crippen LogP contribution in [0.4, 0.5) is 0 Å². The van der Waals surface area contributed by atoms with E-state index in [0.717, 1.165) is 13.1 Å². The monoisotopic (exact) mass is 247 g/mol. The van der Waals surface area contributed by atoms with Crippen LogP contribution in [0.1, 0.15) is 27.2 Å². The van der Waals surface area contributed by atoms with Crippen molar-refractivity contribution in [2.24, 2.45) is 5.41 Å². The Morgan fingerprint density at radius 1 is 1.12 bits per heavy atom. The second-order valence-corrected chi connectivity index (χ2v) is 6.69. The summed E-state index contributed by atoms with van der Waals surface area (Å²) in [5.41, 5.74) is 1.94. The van der Waals surface area contributed by atoms with E-state index in [9.17, 15) is 0 Å². The summed E-state index contributed by atoms with van der Waals surface area (Å²) in [6, 6.07) is 10.6. The second-order valence-electron chi connectivity index (χ2n) is 5.52. The van der Waals surface area contributed by atoms with Gasteiger partial charge in [0.1, 0.15) is 0 Å². The highest BCUT2D eigenvalue weighted by atomic mass is 32.2. The number of rotatable bonds is 2. The van der Waals surface area contributed by atoms with E-state index >= 15 is 0 Å². The fraction of sp³-hybridized carbons (Fsp3) is 0.467. The van der Waals surface area contributed by atoms with Crippen LogP contribution in [0.25, 0.3) is 0 Å². The fourth-order valence-electron chi connectivity index (χ4n) is 2.05. The van der Waals surface area contributed by atoms with Crippen LogP contribution in [0.15, 0.2) is 46.9 Å². The van der Waals surface area contributed by atoms with Gasteiger partial charge in [0.05, 0.1) is 0 Å². The topological polar surface area (TPSA) is 3.24 Å². The second kappa shape index (κ2) is 5.28. The van der Waals surface area contributed by atoms with Gasteiger partial charge in [-0.3, -0.25) is 0 Å². The zero-order valence-corrected chi connectivity index (χ0v) is 11.8. The van der Waals surface area contributed by atoms with Crippen LogP contribution in [0.5, 0.6) is 0 Å². The predicted octanol–water partition coefficient (Wildman–Crippen LogP) is 4.37. The van der Waals surface area contributed by atoms with Gasteiger partial charge in [-0.25, -0.2) is 4.31 Å². The van der Waals surface area contributed by atoms with Crippen molar-refractivity contribution < 1.29 is 0 Å². The molecule has 1 heterocycles. The first-order chi connectivity index (χ1) is 8.05. The molecular formula is C15H21NS. The molecule has 0 aromatic heterocycles. The molecule has 0 amide bonds. The Labute approximate surface area is 109 Å². The summed E-state index contributed by atoms with van der Waals surface area (Å²) < 4.78 is 2.44. The summed E-state index contributed by atoms with van der Waals surface area (Å²) in [6.07, 6.45) is 3.60. The molecule has 0 spiro atoms. The van der Waals surface area contributed by atoms with Gasteiger partial charge in [0.2, 0.25) is 0 Å². The summed E-state index contributed by atoms with van der Waals surface area (Å²) >= 11 is 1.87. The van der Waals surface area contributed by atoms with E-state index in [1.54, 1.807) is 5.57 Å². The van der Waals surface area contributed by atoms with E-state index in [4.69, 9.17) is 0 Å². The Kier molecular flexibility index (Phi) is 3.95. The lowest BCUT2D eigenvalue weighted by atomic mass is 9.83. The van der Waals surface area contributed by atoms with Crippen molar-refractivity contribution in [1.82, 2.24) is 4.31 Å². The quantitative estimate of drug-likeness (QED) is 0.564. The van der Waals surface area contributed by atoms with Crippen LogP contribution in [-0.4, -0.2) is 17.4 Å². The lowest BCUT2D eigenvalue weighted by Gasteiger charge is -2.31. The lowest BCUT2D eigenvalue weighted by Crippen LogP contribution is -2.26. The SMILES string of the molecule is CC(C)(C)C1=CCN(Sc2ccccc2)CC1. The first kappa shape index (κ1) is 12.7. The maximum absolute atomic E-state index is 2.44. The molecule has 0 bridgehead atoms. The molecule has 0 fully saturated rings. The molecule has 1 nitrogen and oxygen atoms in total. The van der Waals surface area contributed by atoms with Crippen LogP contribution < -0.4 is 0 Å². The standard InChI is InChI=1S/C15H21NS/c1-15(2,3)13-9-11-16(12-10-13)17-14-7-5-4-6-8-14/h4-9H,10-12H2,1-3H3. The van der Waals surface area contributed by atoms with Crippen LogP contribution in [0, 0.1) is 5.41 Å². The largest absolute Gasteiger partial charge is 0.242 e. The highest BCUT2D eigenvalue weighted by molar-refractivity contribution is 7.97. The molecule has 0 saturated heterocycles. The van der Waals surface area contributed by atoms with Gasteiger partial charge in [-0.15, -0.1) is 0 Å². The highest BCUT2D eigenvalue weighted by Crippen LogP contribution is 2.33. The van der Waals surface area contributed by atoms with E-state index in [1.165, 1.54) is 11.3 Å². The van der Waals surface area contributed by atoms with Crippen LogP contribution in [-0.2, 0) is 0 Å². The normalized spacial score (nSPS) is 17.9. The molecule has 2 heteroatoms. The summed E-state index contributed by atoms with van der Waals surface area (Å²) in [5.74, 6) is 0. The third-order valence-corrected chi connectivity index (χ3v) is 4.19. The van der Waals surface area contributed by atoms with Crippen molar-refractivity contribution in [2.45, 2.75) is 32.1 Å². The molecule has 0 unspecified atom stereocenters. The van der Waals surface area contributed by atoms with E-state index in [0.29, 0.717) is 5.41 Å². The summed E-state index contributed by atoms with van der Waals surface area (Å²) in [4.78, 5) is 1.33. The average Bonchev–Trinajstić information content (AvgIpc) is 2.30. The van der Waals surface area contributed by atoms with Gasteiger partial charge in [-0.2, -0.15) is 0 Å². The highest BCUT2D eigenvalue weighted by Gasteiger charge is 2.21. The molecule has 0 aliphatic carbocycles. The Balaban J connectivity index is 1.94. The zero-order chi connectivity index (χ0) is 12.3. The predicted molar refractivity (Wildman–Crippen MR) is 76.0 cm³/mol. The molecule has 2 rings (SSSR count). The molecular weight excluding hydrogens is 226 g/mol. The molecule has 17 heavy (non-hydrogen) atoms. The van der Waals surface area contributed by atoms with Crippen LogP contribution in [0.2, 0.25) is 0 Å². The number of hydrogen-bond acceptors (Lipinski definition) is 2. The zero-order valence-electron chi connectivity index (χ0n) is 10.9. The van der Waals surface area contributed by atoms with Crippen LogP contribution >= 0.6 is 11.9 Å². The molecule has 1 aromatic carbocycles. The average molecular weight is 247 g/mol. The summed E-state index contributed by atoms with van der Waals surface area (Å²) in [7, 11) is 0. The Hall–Kier alpha value is -0.730. The number of benzene rings is 1. The smallest absolute Gasteiger partial charge is 0.0276 e. The first-order valence-corrected chi connectivity index (χ1v) is 7.00. The van der Waals surface area contributed by atoms with Gasteiger partial charge in [0, 0.05) is 18.0 Å². The van der Waals surface area contributed by atoms with Gasteiger partial charge in [-0.05, 0) is 35.9 Å². The third-order valence-electron chi connectivity index (χ3n) is 3.11. The molecule has 0 radical (unpaired) electrons. The maximum atomic E-state index is 2.44. The van der Waals surface area contributed by atoms with Crippen LogP contribution in [0.3, 0.4) is 0 Å². The molecule has 0 N–H and O–H groups in total. The fourth-order valence-corrected chi connectivity index (χ4v) is 2.95. The van der Waals surface area contributed by atoms with E-state index in [1.807, 2.05) is 11.9 Å². The Morgan fingerprint density at radius 3 is 2.35 bits per heavy atom. The van der Waals surface area contributed by atoms with Crippen molar-refractivity contribution in [3.63, 3.8) is 0 Å². The molecule has 1 aromatic rings. The third kappa shape index (κ3) is 3.62. The minimum absolute atomic E-state index is 0.337. The van der Waals surface area contributed by atoms with Crippen molar-refractivity contribution in [3.8, 4) is 0 Å². The Bertz CT molecular complexity index is 389. The molecule has 0 saturated carbocycles. The van der Waals surface area contributed by atoms with Crippen molar-refractivity contribution in [1.29, 1.82) is 0 Å². The number of hydrogen-bond donors (Lipinski definition) is 0.